The minimum Gasteiger partial charge on any atom is -0.351 e. The molecule has 1 saturated carbocycles. The molecule has 2 aliphatic heterocycles. The van der Waals surface area contributed by atoms with Gasteiger partial charge in [-0.15, -0.1) is 0 Å². The van der Waals surface area contributed by atoms with Gasteiger partial charge in [0.1, 0.15) is 6.17 Å². The number of halogens is 1. The molecule has 1 aromatic rings. The number of fused-ring (bicyclic) bond motifs is 1. The minimum absolute atomic E-state index is 0.00179. The number of alkyl halides is 1. The smallest absolute Gasteiger partial charge is 0.237 e. The predicted octanol–water partition coefficient (Wildman–Crippen LogP) is 1.94. The summed E-state index contributed by atoms with van der Waals surface area (Å²) in [5.41, 5.74) is 0.861. The molecule has 0 radical (unpaired) electrons. The Balaban J connectivity index is 1.32. The first-order chi connectivity index (χ1) is 14.3. The van der Waals surface area contributed by atoms with Gasteiger partial charge in [-0.3, -0.25) is 4.79 Å². The summed E-state index contributed by atoms with van der Waals surface area (Å²) in [5, 5.41) is 9.28. The van der Waals surface area contributed by atoms with E-state index in [9.17, 15) is 17.6 Å². The van der Waals surface area contributed by atoms with E-state index in [1.807, 2.05) is 0 Å². The number of sulfone groups is 1. The van der Waals surface area contributed by atoms with Gasteiger partial charge in [-0.1, -0.05) is 19.1 Å². The Morgan fingerprint density at radius 3 is 2.63 bits per heavy atom. The van der Waals surface area contributed by atoms with Crippen LogP contribution < -0.4 is 16.0 Å². The van der Waals surface area contributed by atoms with E-state index in [0.29, 0.717) is 37.8 Å². The fourth-order valence-corrected chi connectivity index (χ4v) is 7.00. The number of hydrogen-bond donors (Lipinski definition) is 3. The van der Waals surface area contributed by atoms with Crippen molar-refractivity contribution in [3.05, 3.63) is 29.8 Å². The Labute approximate surface area is 178 Å². The molecule has 1 aliphatic carbocycles. The summed E-state index contributed by atoms with van der Waals surface area (Å²) < 4.78 is 39.5. The summed E-state index contributed by atoms with van der Waals surface area (Å²) in [7, 11) is -3.46. The van der Waals surface area contributed by atoms with E-state index >= 15 is 0 Å². The summed E-state index contributed by atoms with van der Waals surface area (Å²) in [6.45, 7) is 4.10. The van der Waals surface area contributed by atoms with Crippen molar-refractivity contribution in [2.75, 3.05) is 13.1 Å². The SMILES string of the molecule is CC1CC(S(=O)(=O)c2ccc(CNC(=O)C3CC4CNCCC4N3)cc2)CCC1F. The molecule has 0 aromatic heterocycles. The maximum absolute atomic E-state index is 13.7. The van der Waals surface area contributed by atoms with Crippen LogP contribution in [-0.4, -0.2) is 50.9 Å². The highest BCUT2D eigenvalue weighted by Crippen LogP contribution is 2.33. The van der Waals surface area contributed by atoms with Crippen molar-refractivity contribution in [3.63, 3.8) is 0 Å². The molecule has 1 amide bonds. The molecule has 6 nitrogen and oxygen atoms in total. The van der Waals surface area contributed by atoms with Gasteiger partial charge in [0.25, 0.3) is 0 Å². The number of benzene rings is 1. The Morgan fingerprint density at radius 2 is 1.93 bits per heavy atom. The number of rotatable bonds is 5. The molecule has 2 saturated heterocycles. The molecular weight excluding hydrogens is 405 g/mol. The topological polar surface area (TPSA) is 87.3 Å². The van der Waals surface area contributed by atoms with E-state index in [0.717, 1.165) is 31.5 Å². The van der Waals surface area contributed by atoms with E-state index in [2.05, 4.69) is 16.0 Å². The fraction of sp³-hybridized carbons (Fsp3) is 0.682. The first kappa shape index (κ1) is 21.7. The summed E-state index contributed by atoms with van der Waals surface area (Å²) in [6.07, 6.45) is 2.04. The second-order valence-corrected chi connectivity index (χ2v) is 11.4. The third kappa shape index (κ3) is 4.55. The lowest BCUT2D eigenvalue weighted by Gasteiger charge is -2.29. The van der Waals surface area contributed by atoms with E-state index in [1.54, 1.807) is 31.2 Å². The van der Waals surface area contributed by atoms with Crippen LogP contribution in [0, 0.1) is 11.8 Å². The average Bonchev–Trinajstić information content (AvgIpc) is 3.18. The maximum atomic E-state index is 13.7. The van der Waals surface area contributed by atoms with Crippen LogP contribution in [-0.2, 0) is 21.2 Å². The molecule has 3 N–H and O–H groups in total. The minimum atomic E-state index is -3.46. The molecule has 166 valence electrons. The van der Waals surface area contributed by atoms with Gasteiger partial charge in [-0.2, -0.15) is 0 Å². The third-order valence-corrected chi connectivity index (χ3v) is 9.29. The van der Waals surface area contributed by atoms with E-state index in [-0.39, 0.29) is 22.8 Å². The first-order valence-electron chi connectivity index (χ1n) is 11.1. The van der Waals surface area contributed by atoms with Crippen LogP contribution in [0.2, 0.25) is 0 Å². The van der Waals surface area contributed by atoms with Crippen LogP contribution in [0.25, 0.3) is 0 Å². The van der Waals surface area contributed by atoms with Gasteiger partial charge < -0.3 is 16.0 Å². The molecule has 1 aromatic carbocycles. The monoisotopic (exact) mass is 437 g/mol. The lowest BCUT2D eigenvalue weighted by Crippen LogP contribution is -2.45. The molecule has 8 heteroatoms. The maximum Gasteiger partial charge on any atom is 0.237 e. The van der Waals surface area contributed by atoms with Gasteiger partial charge in [0.05, 0.1) is 16.2 Å². The highest BCUT2D eigenvalue weighted by atomic mass is 32.2. The molecule has 3 aliphatic rings. The van der Waals surface area contributed by atoms with Gasteiger partial charge in [-0.25, -0.2) is 12.8 Å². The first-order valence-corrected chi connectivity index (χ1v) is 12.6. The molecule has 0 bridgehead atoms. The van der Waals surface area contributed by atoms with Crippen LogP contribution in [0.1, 0.15) is 44.6 Å². The van der Waals surface area contributed by atoms with Crippen molar-refractivity contribution in [2.45, 2.75) is 74.0 Å². The standard InChI is InChI=1S/C22H32FN3O3S/c1-14-10-18(6-7-19(14)23)30(28,29)17-4-2-15(3-5-17)12-25-22(27)21-11-16-13-24-9-8-20(16)26-21/h2-5,14,16,18-21,24,26H,6-13H2,1H3,(H,25,27). The number of nitrogens with one attached hydrogen (secondary N) is 3. The highest BCUT2D eigenvalue weighted by molar-refractivity contribution is 7.92. The summed E-state index contributed by atoms with van der Waals surface area (Å²) in [5.74, 6) is 0.282. The lowest BCUT2D eigenvalue weighted by molar-refractivity contribution is -0.123. The number of piperidine rings is 1. The van der Waals surface area contributed by atoms with Crippen molar-refractivity contribution >= 4 is 15.7 Å². The van der Waals surface area contributed by atoms with E-state index in [4.69, 9.17) is 0 Å². The summed E-state index contributed by atoms with van der Waals surface area (Å²) in [4.78, 5) is 12.8. The number of carbonyl (C=O) groups excluding carboxylic acids is 1. The van der Waals surface area contributed by atoms with Gasteiger partial charge in [-0.05, 0) is 74.7 Å². The molecule has 2 heterocycles. The zero-order valence-electron chi connectivity index (χ0n) is 17.4. The van der Waals surface area contributed by atoms with E-state index < -0.39 is 21.3 Å². The second kappa shape index (κ2) is 8.93. The summed E-state index contributed by atoms with van der Waals surface area (Å²) >= 11 is 0. The largest absolute Gasteiger partial charge is 0.351 e. The number of hydrogen-bond acceptors (Lipinski definition) is 5. The van der Waals surface area contributed by atoms with Crippen LogP contribution >= 0.6 is 0 Å². The fourth-order valence-electron chi connectivity index (χ4n) is 5.10. The van der Waals surface area contributed by atoms with Gasteiger partial charge in [0.15, 0.2) is 9.84 Å². The van der Waals surface area contributed by atoms with Crippen LogP contribution in [0.15, 0.2) is 29.2 Å². The molecule has 3 fully saturated rings. The number of amides is 1. The van der Waals surface area contributed by atoms with Crippen molar-refractivity contribution < 1.29 is 17.6 Å². The van der Waals surface area contributed by atoms with Crippen LogP contribution in [0.5, 0.6) is 0 Å². The average molecular weight is 438 g/mol. The molecular formula is C22H32FN3O3S. The second-order valence-electron chi connectivity index (χ2n) is 9.15. The van der Waals surface area contributed by atoms with Crippen LogP contribution in [0.3, 0.4) is 0 Å². The van der Waals surface area contributed by atoms with Gasteiger partial charge in [0, 0.05) is 12.6 Å². The Bertz CT molecular complexity index is 847. The van der Waals surface area contributed by atoms with E-state index in [1.165, 1.54) is 0 Å². The normalized spacial score (nSPS) is 34.3. The Hall–Kier alpha value is -1.51. The molecule has 6 unspecified atom stereocenters. The molecule has 6 atom stereocenters. The van der Waals surface area contributed by atoms with Crippen molar-refractivity contribution in [2.24, 2.45) is 11.8 Å². The molecule has 4 rings (SSSR count). The predicted molar refractivity (Wildman–Crippen MR) is 113 cm³/mol. The van der Waals surface area contributed by atoms with Crippen LogP contribution in [0.4, 0.5) is 4.39 Å². The van der Waals surface area contributed by atoms with Gasteiger partial charge >= 0.3 is 0 Å². The molecule has 0 spiro atoms. The lowest BCUT2D eigenvalue weighted by atomic mass is 9.89. The van der Waals surface area contributed by atoms with Crippen molar-refractivity contribution in [3.8, 4) is 0 Å². The summed E-state index contributed by atoms with van der Waals surface area (Å²) in [6, 6.07) is 6.98. The zero-order chi connectivity index (χ0) is 21.3. The Kier molecular flexibility index (Phi) is 6.46. The number of carbonyl (C=O) groups is 1. The van der Waals surface area contributed by atoms with Crippen molar-refractivity contribution in [1.29, 1.82) is 0 Å². The highest BCUT2D eigenvalue weighted by Gasteiger charge is 2.38. The van der Waals surface area contributed by atoms with Crippen molar-refractivity contribution in [1.82, 2.24) is 16.0 Å². The zero-order valence-corrected chi connectivity index (χ0v) is 18.3. The Morgan fingerprint density at radius 1 is 1.17 bits per heavy atom. The quantitative estimate of drug-likeness (QED) is 0.655. The van der Waals surface area contributed by atoms with Gasteiger partial charge in [0.2, 0.25) is 5.91 Å². The third-order valence-electron chi connectivity index (χ3n) is 7.05. The molecule has 30 heavy (non-hydrogen) atoms.